The van der Waals surface area contributed by atoms with E-state index < -0.39 is 35.8 Å². The average Bonchev–Trinajstić information content (AvgIpc) is 2.08. The zero-order valence-electron chi connectivity index (χ0n) is 17.1. The van der Waals surface area contributed by atoms with Gasteiger partial charge in [-0.2, -0.15) is 0 Å². The molecule has 176 valence electrons. The second-order valence-corrected chi connectivity index (χ2v) is 2.95. The minimum absolute atomic E-state index is 0. The van der Waals surface area contributed by atoms with Crippen LogP contribution in [0.3, 0.4) is 0 Å². The summed E-state index contributed by atoms with van der Waals surface area (Å²) >= 11 is 0. The van der Waals surface area contributed by atoms with Crippen molar-refractivity contribution in [1.82, 2.24) is 0 Å². The first-order valence-corrected chi connectivity index (χ1v) is 5.45. The summed E-state index contributed by atoms with van der Waals surface area (Å²) in [6, 6.07) is 0. The molecule has 0 saturated heterocycles. The molecule has 0 unspecified atom stereocenters. The summed E-state index contributed by atoms with van der Waals surface area (Å²) in [7, 11) is 0. The van der Waals surface area contributed by atoms with Gasteiger partial charge in [0.15, 0.2) is 0 Å². The maximum Gasteiger partial charge on any atom is 3.00 e. The molecular weight excluding hydrogens is 578 g/mol. The minimum Gasteiger partial charge on any atom is -0.550 e. The summed E-state index contributed by atoms with van der Waals surface area (Å²) in [5, 5.41) is 53.3. The third kappa shape index (κ3) is 14000. The molecule has 0 aliphatic carbocycles. The molecular formula is C12H26O16Y2. The van der Waals surface area contributed by atoms with Gasteiger partial charge in [-0.3, -0.25) is 0 Å². The van der Waals surface area contributed by atoms with Crippen LogP contribution in [0.2, 0.25) is 0 Å². The Morgan fingerprint density at radius 1 is 0.333 bits per heavy atom. The molecule has 0 aromatic carbocycles. The summed E-state index contributed by atoms with van der Waals surface area (Å²) in [5.74, 6) is -6.50. The number of carbonyl (C=O) groups is 6. The van der Waals surface area contributed by atoms with E-state index in [0.29, 0.717) is 0 Å². The maximum absolute atomic E-state index is 8.89. The van der Waals surface area contributed by atoms with Gasteiger partial charge in [-0.15, -0.1) is 0 Å². The van der Waals surface area contributed by atoms with E-state index >= 15 is 0 Å². The zero-order chi connectivity index (χ0) is 21.5. The van der Waals surface area contributed by atoms with Gasteiger partial charge in [0.25, 0.3) is 0 Å². The van der Waals surface area contributed by atoms with Crippen LogP contribution in [0, 0.1) is 0 Å². The first-order chi connectivity index (χ1) is 10.4. The van der Waals surface area contributed by atoms with Gasteiger partial charge in [0.05, 0.1) is 0 Å². The maximum atomic E-state index is 8.89. The van der Waals surface area contributed by atoms with Gasteiger partial charge in [0.1, 0.15) is 0 Å². The van der Waals surface area contributed by atoms with Crippen molar-refractivity contribution in [3.63, 3.8) is 0 Å². The first-order valence-electron chi connectivity index (χ1n) is 5.45. The molecule has 0 saturated carbocycles. The van der Waals surface area contributed by atoms with Gasteiger partial charge in [-0.1, -0.05) is 0 Å². The predicted octanol–water partition coefficient (Wildman–Crippen LogP) is -10.8. The monoisotopic (exact) mass is 604 g/mol. The Labute approximate surface area is 222 Å². The molecule has 0 aliphatic rings. The van der Waals surface area contributed by atoms with Crippen molar-refractivity contribution in [3.05, 3.63) is 0 Å². The third-order valence-electron chi connectivity index (χ3n) is 0. The van der Waals surface area contributed by atoms with E-state index in [9.17, 15) is 0 Å². The van der Waals surface area contributed by atoms with Crippen molar-refractivity contribution < 1.29 is 147 Å². The van der Waals surface area contributed by atoms with E-state index in [1.165, 1.54) is 0 Å². The summed E-state index contributed by atoms with van der Waals surface area (Å²) in [4.78, 5) is 53.3. The molecule has 0 fully saturated rings. The van der Waals surface area contributed by atoms with Crippen molar-refractivity contribution in [3.8, 4) is 0 Å². The second-order valence-electron chi connectivity index (χ2n) is 2.95. The van der Waals surface area contributed by atoms with Crippen molar-refractivity contribution in [2.75, 3.05) is 0 Å². The van der Waals surface area contributed by atoms with Crippen LogP contribution in [-0.2, 0) is 94.2 Å². The van der Waals surface area contributed by atoms with E-state index in [0.717, 1.165) is 41.5 Å². The SMILES string of the molecule is CC(=O)[O-].CC(=O)[O-].CC(=O)[O-].CC(=O)[O-].CC(=O)[O-].CC(=O)[O-].O.O.O.O.[Y+3].[Y+3]. The van der Waals surface area contributed by atoms with Crippen molar-refractivity contribution in [2.24, 2.45) is 0 Å². The van der Waals surface area contributed by atoms with E-state index in [-0.39, 0.29) is 87.3 Å². The Morgan fingerprint density at radius 2 is 0.333 bits per heavy atom. The fourth-order valence-corrected chi connectivity index (χ4v) is 0. The molecule has 16 nitrogen and oxygen atoms in total. The van der Waals surface area contributed by atoms with Crippen LogP contribution < -0.4 is 30.6 Å². The van der Waals surface area contributed by atoms with Gasteiger partial charge in [0, 0.05) is 35.8 Å². The van der Waals surface area contributed by atoms with Crippen molar-refractivity contribution in [2.45, 2.75) is 41.5 Å². The molecule has 0 radical (unpaired) electrons. The topological polar surface area (TPSA) is 367 Å². The van der Waals surface area contributed by atoms with Crippen molar-refractivity contribution in [1.29, 1.82) is 0 Å². The fraction of sp³-hybridized carbons (Fsp3) is 0.500. The van der Waals surface area contributed by atoms with Crippen LogP contribution in [0.5, 0.6) is 0 Å². The molecule has 8 N–H and O–H groups in total. The van der Waals surface area contributed by atoms with Gasteiger partial charge >= 0.3 is 65.4 Å². The van der Waals surface area contributed by atoms with E-state index in [1.807, 2.05) is 0 Å². The van der Waals surface area contributed by atoms with Crippen molar-refractivity contribution >= 4 is 35.8 Å². The number of aliphatic carboxylic acids is 6. The minimum atomic E-state index is -1.08. The quantitative estimate of drug-likeness (QED) is 0.249. The fourth-order valence-electron chi connectivity index (χ4n) is 0. The number of carboxylic acids is 6. The summed E-state index contributed by atoms with van der Waals surface area (Å²) in [5.41, 5.74) is 0. The average molecular weight is 604 g/mol. The van der Waals surface area contributed by atoms with Gasteiger partial charge in [-0.05, 0) is 41.5 Å². The molecule has 0 spiro atoms. The Morgan fingerprint density at radius 3 is 0.333 bits per heavy atom. The standard InChI is InChI=1S/6C2H4O2.4H2O.2Y/c6*1-2(3)4;;;;;;/h6*1H3,(H,3,4);4*1H2;;/q;;;;;;;;;;2*+3/p-6. The smallest absolute Gasteiger partial charge is 0.550 e. The molecule has 0 rings (SSSR count). The van der Waals surface area contributed by atoms with Gasteiger partial charge in [0.2, 0.25) is 0 Å². The molecule has 30 heavy (non-hydrogen) atoms. The number of rotatable bonds is 0. The summed E-state index contributed by atoms with van der Waals surface area (Å²) in [6.07, 6.45) is 0. The van der Waals surface area contributed by atoms with E-state index in [2.05, 4.69) is 0 Å². The molecule has 0 aromatic rings. The van der Waals surface area contributed by atoms with Crippen LogP contribution in [-0.4, -0.2) is 57.7 Å². The largest absolute Gasteiger partial charge is 3.00 e. The molecule has 0 bridgehead atoms. The van der Waals surface area contributed by atoms with E-state index in [1.54, 1.807) is 0 Å². The molecule has 0 aliphatic heterocycles. The zero-order valence-corrected chi connectivity index (χ0v) is 22.7. The van der Waals surface area contributed by atoms with Crippen LogP contribution in [0.25, 0.3) is 0 Å². The summed E-state index contributed by atoms with van der Waals surface area (Å²) in [6.45, 7) is 5.83. The third-order valence-corrected chi connectivity index (χ3v) is 0. The Bertz CT molecular complexity index is 269. The number of hydrogen-bond acceptors (Lipinski definition) is 12. The number of carbonyl (C=O) groups excluding carboxylic acids is 6. The van der Waals surface area contributed by atoms with Crippen LogP contribution >= 0.6 is 0 Å². The normalized spacial score (nSPS) is 5.00. The van der Waals surface area contributed by atoms with Gasteiger partial charge in [-0.25, -0.2) is 0 Å². The molecule has 0 heterocycles. The predicted molar refractivity (Wildman–Crippen MR) is 78.5 cm³/mol. The number of carboxylic acid groups (broad SMARTS) is 6. The Kier molecular flexibility index (Phi) is 186. The van der Waals surface area contributed by atoms with Gasteiger partial charge < -0.3 is 81.3 Å². The van der Waals surface area contributed by atoms with E-state index in [4.69, 9.17) is 59.4 Å². The first kappa shape index (κ1) is 78.8. The van der Waals surface area contributed by atoms with Crippen LogP contribution in [0.1, 0.15) is 41.5 Å². The number of hydrogen-bond donors (Lipinski definition) is 0. The molecule has 18 heteroatoms. The van der Waals surface area contributed by atoms with Crippen LogP contribution in [0.15, 0.2) is 0 Å². The Balaban J connectivity index is -0.0000000125. The molecule has 0 amide bonds. The summed E-state index contributed by atoms with van der Waals surface area (Å²) < 4.78 is 0. The molecule has 0 atom stereocenters. The second kappa shape index (κ2) is 70.7. The molecule has 0 aromatic heterocycles. The van der Waals surface area contributed by atoms with Crippen LogP contribution in [0.4, 0.5) is 0 Å². The Hall–Kier alpha value is -1.13.